The highest BCUT2D eigenvalue weighted by molar-refractivity contribution is 4.82. The topological polar surface area (TPSA) is 80.4 Å². The van der Waals surface area contributed by atoms with Gasteiger partial charge in [0, 0.05) is 13.2 Å². The van der Waals surface area contributed by atoms with Crippen LogP contribution in [0.15, 0.2) is 0 Å². The van der Waals surface area contributed by atoms with Crippen molar-refractivity contribution in [2.75, 3.05) is 39.6 Å². The molecule has 0 aromatic rings. The molecule has 0 N–H and O–H groups in total. The first-order valence-corrected chi connectivity index (χ1v) is 21.5. The van der Waals surface area contributed by atoms with Crippen LogP contribution in [0.2, 0.25) is 0 Å². The van der Waals surface area contributed by atoms with Gasteiger partial charge in [-0.1, -0.05) is 12.8 Å². The predicted molar refractivity (Wildman–Crippen MR) is 195 cm³/mol. The minimum absolute atomic E-state index is 0.100. The smallest absolute Gasteiger partial charge is 0.155 e. The van der Waals surface area contributed by atoms with Crippen LogP contribution in [0.5, 0.6) is 0 Å². The first-order valence-electron chi connectivity index (χ1n) is 21.5. The van der Waals surface area contributed by atoms with Gasteiger partial charge in [-0.25, -0.2) is 0 Å². The second-order valence-corrected chi connectivity index (χ2v) is 17.2. The molecule has 0 aromatic carbocycles. The molecule has 2 saturated heterocycles. The van der Waals surface area contributed by atoms with Crippen molar-refractivity contribution in [3.8, 4) is 0 Å². The second kappa shape index (κ2) is 21.5. The number of unbranched alkanes of at least 4 members (excludes halogenated alkanes) is 3. The summed E-state index contributed by atoms with van der Waals surface area (Å²) < 4.78 is 47.3. The lowest BCUT2D eigenvalue weighted by molar-refractivity contribution is -0.170. The van der Waals surface area contributed by atoms with Gasteiger partial charge in [0.1, 0.15) is 12.2 Å². The molecular formula is C42H74O8. The summed E-state index contributed by atoms with van der Waals surface area (Å²) in [5.41, 5.74) is 0. The first kappa shape index (κ1) is 39.4. The highest BCUT2D eigenvalue weighted by Gasteiger charge is 2.31. The molecule has 6 rings (SSSR count). The molecular weight excluding hydrogens is 632 g/mol. The lowest BCUT2D eigenvalue weighted by Gasteiger charge is -2.34. The van der Waals surface area contributed by atoms with E-state index in [1.807, 2.05) is 0 Å². The molecule has 0 radical (unpaired) electrons. The van der Waals surface area contributed by atoms with E-state index >= 15 is 0 Å². The van der Waals surface area contributed by atoms with Gasteiger partial charge in [-0.2, -0.15) is 0 Å². The Labute approximate surface area is 305 Å². The molecule has 8 heteroatoms. The molecule has 2 aliphatic heterocycles. The summed E-state index contributed by atoms with van der Waals surface area (Å²) in [7, 11) is 0. The van der Waals surface area contributed by atoms with Gasteiger partial charge < -0.3 is 37.9 Å². The maximum atomic E-state index is 6.30. The van der Waals surface area contributed by atoms with Gasteiger partial charge in [0.25, 0.3) is 0 Å². The summed E-state index contributed by atoms with van der Waals surface area (Å²) in [5.74, 6) is 3.56. The molecule has 8 nitrogen and oxygen atoms in total. The van der Waals surface area contributed by atoms with Crippen molar-refractivity contribution in [2.24, 2.45) is 23.7 Å². The Kier molecular flexibility index (Phi) is 17.0. The molecule has 4 atom stereocenters. The van der Waals surface area contributed by atoms with E-state index in [9.17, 15) is 0 Å². The first-order chi connectivity index (χ1) is 24.5. The van der Waals surface area contributed by atoms with Gasteiger partial charge in [0.05, 0.1) is 50.8 Å². The standard InChI is InChI=1S/C42H74O8/c1-31(49-39-19-11-35(12-20-39)25-33-7-15-37(16-8-33)45-27-41-29-47-41)43-23-5-3-4-6-24-44-32(2)50-40-21-13-36(14-22-40)26-34-9-17-38(18-10-34)46-28-42-30-48-42/h31-42H,3-30H2,1-2H3. The maximum absolute atomic E-state index is 6.30. The normalized spacial score (nSPS) is 37.3. The van der Waals surface area contributed by atoms with Gasteiger partial charge >= 0.3 is 0 Å². The van der Waals surface area contributed by atoms with E-state index in [0.29, 0.717) is 36.6 Å². The Hall–Kier alpha value is -0.320. The van der Waals surface area contributed by atoms with Crippen LogP contribution in [0.25, 0.3) is 0 Å². The Morgan fingerprint density at radius 1 is 0.440 bits per heavy atom. The van der Waals surface area contributed by atoms with Crippen LogP contribution in [-0.4, -0.2) is 88.8 Å². The van der Waals surface area contributed by atoms with E-state index in [0.717, 1.165) is 76.2 Å². The minimum Gasteiger partial charge on any atom is -0.375 e. The van der Waals surface area contributed by atoms with Gasteiger partial charge in [-0.3, -0.25) is 0 Å². The third kappa shape index (κ3) is 15.2. The highest BCUT2D eigenvalue weighted by Crippen LogP contribution is 2.38. The summed E-state index contributed by atoms with van der Waals surface area (Å²) in [5, 5.41) is 0. The minimum atomic E-state index is -0.100. The summed E-state index contributed by atoms with van der Waals surface area (Å²) >= 11 is 0. The fourth-order valence-electron chi connectivity index (χ4n) is 9.51. The Morgan fingerprint density at radius 3 is 1.08 bits per heavy atom. The zero-order valence-electron chi connectivity index (χ0n) is 32.0. The van der Waals surface area contributed by atoms with Gasteiger partial charge in [0.15, 0.2) is 12.6 Å². The Bertz CT molecular complexity index is 808. The molecule has 4 aliphatic carbocycles. The summed E-state index contributed by atoms with van der Waals surface area (Å²) in [6.07, 6.45) is 30.0. The summed E-state index contributed by atoms with van der Waals surface area (Å²) in [4.78, 5) is 0. The van der Waals surface area contributed by atoms with E-state index in [2.05, 4.69) is 13.8 Å². The molecule has 0 spiro atoms. The van der Waals surface area contributed by atoms with Crippen LogP contribution in [-0.2, 0) is 37.9 Å². The van der Waals surface area contributed by atoms with Gasteiger partial charge in [-0.15, -0.1) is 0 Å². The van der Waals surface area contributed by atoms with Crippen LogP contribution in [0.3, 0.4) is 0 Å². The summed E-state index contributed by atoms with van der Waals surface area (Å²) in [6, 6.07) is 0. The van der Waals surface area contributed by atoms with Gasteiger partial charge in [0.2, 0.25) is 0 Å². The third-order valence-electron chi connectivity index (χ3n) is 12.9. The molecule has 6 aliphatic rings. The maximum Gasteiger partial charge on any atom is 0.155 e. The number of hydrogen-bond acceptors (Lipinski definition) is 8. The zero-order valence-corrected chi connectivity index (χ0v) is 32.0. The molecule has 6 fully saturated rings. The molecule has 2 heterocycles. The van der Waals surface area contributed by atoms with Crippen LogP contribution >= 0.6 is 0 Å². The van der Waals surface area contributed by atoms with E-state index in [1.165, 1.54) is 128 Å². The number of ether oxygens (including phenoxy) is 8. The second-order valence-electron chi connectivity index (χ2n) is 17.2. The average Bonchev–Trinajstić information content (AvgIpc) is 4.07. The number of rotatable bonds is 23. The van der Waals surface area contributed by atoms with Crippen molar-refractivity contribution in [1.82, 2.24) is 0 Å². The van der Waals surface area contributed by atoms with Crippen molar-refractivity contribution < 1.29 is 37.9 Å². The molecule has 0 amide bonds. The Morgan fingerprint density at radius 2 is 0.760 bits per heavy atom. The van der Waals surface area contributed by atoms with Crippen molar-refractivity contribution in [2.45, 2.75) is 204 Å². The van der Waals surface area contributed by atoms with E-state index in [4.69, 9.17) is 37.9 Å². The van der Waals surface area contributed by atoms with Gasteiger partial charge in [-0.05, 0) is 166 Å². The molecule has 50 heavy (non-hydrogen) atoms. The van der Waals surface area contributed by atoms with Crippen molar-refractivity contribution in [3.05, 3.63) is 0 Å². The number of hydrogen-bond donors (Lipinski definition) is 0. The van der Waals surface area contributed by atoms with Crippen molar-refractivity contribution in [3.63, 3.8) is 0 Å². The molecule has 4 saturated carbocycles. The highest BCUT2D eigenvalue weighted by atomic mass is 16.7. The third-order valence-corrected chi connectivity index (χ3v) is 12.9. The summed E-state index contributed by atoms with van der Waals surface area (Å²) in [6.45, 7) is 9.15. The molecule has 0 aromatic heterocycles. The number of epoxide rings is 2. The predicted octanol–water partition coefficient (Wildman–Crippen LogP) is 9.15. The molecule has 290 valence electrons. The molecule has 4 unspecified atom stereocenters. The fraction of sp³-hybridized carbons (Fsp3) is 1.00. The van der Waals surface area contributed by atoms with E-state index in [1.54, 1.807) is 0 Å². The van der Waals surface area contributed by atoms with Crippen LogP contribution < -0.4 is 0 Å². The molecule has 0 bridgehead atoms. The zero-order chi connectivity index (χ0) is 34.4. The lowest BCUT2D eigenvalue weighted by atomic mass is 9.76. The largest absolute Gasteiger partial charge is 0.375 e. The monoisotopic (exact) mass is 707 g/mol. The van der Waals surface area contributed by atoms with Crippen LogP contribution in [0, 0.1) is 23.7 Å². The Balaban J connectivity index is 0.691. The quantitative estimate of drug-likeness (QED) is 0.0592. The van der Waals surface area contributed by atoms with E-state index < -0.39 is 0 Å². The average molecular weight is 707 g/mol. The lowest BCUT2D eigenvalue weighted by Crippen LogP contribution is -2.29. The van der Waals surface area contributed by atoms with Crippen molar-refractivity contribution in [1.29, 1.82) is 0 Å². The SMILES string of the molecule is CC(OCCCCCCOC(C)OC1CCC(CC2CCC(OCC3CO3)CC2)CC1)OC1CCC(CC2CCC(OCC3CO3)CC2)CC1. The fourth-order valence-corrected chi connectivity index (χ4v) is 9.51. The van der Waals surface area contributed by atoms with Crippen LogP contribution in [0.4, 0.5) is 0 Å². The van der Waals surface area contributed by atoms with E-state index in [-0.39, 0.29) is 12.6 Å². The van der Waals surface area contributed by atoms with Crippen LogP contribution in [0.1, 0.15) is 155 Å². The van der Waals surface area contributed by atoms with Crippen molar-refractivity contribution >= 4 is 0 Å².